The number of nitrogens with two attached hydrogens (primary N) is 1. The first-order chi connectivity index (χ1) is 8.08. The lowest BCUT2D eigenvalue weighted by Gasteiger charge is -2.36. The quantitative estimate of drug-likeness (QED) is 0.773. The molecule has 1 aromatic carbocycles. The van der Waals surface area contributed by atoms with E-state index in [2.05, 4.69) is 18.5 Å². The summed E-state index contributed by atoms with van der Waals surface area (Å²) in [6.07, 6.45) is 1.80. The number of phenolic OH excluding ortho intramolecular Hbond substituents is 1. The van der Waals surface area contributed by atoms with Gasteiger partial charge in [0.1, 0.15) is 5.75 Å². The standard InChI is InChI=1S/C13H17N3O/c1-3-7-16-12(14)15-9-13(16,2)10-5-4-6-11(17)8-10/h3-6,8,17H,1,7,9H2,2H3,(H2,14,15). The molecule has 1 aliphatic rings. The van der Waals surface area contributed by atoms with Gasteiger partial charge in [-0.05, 0) is 24.6 Å². The molecule has 0 saturated heterocycles. The van der Waals surface area contributed by atoms with Crippen LogP contribution < -0.4 is 5.73 Å². The molecule has 4 heteroatoms. The first-order valence-electron chi connectivity index (χ1n) is 5.56. The Morgan fingerprint density at radius 1 is 1.65 bits per heavy atom. The van der Waals surface area contributed by atoms with E-state index < -0.39 is 0 Å². The van der Waals surface area contributed by atoms with Gasteiger partial charge in [0.25, 0.3) is 0 Å². The Kier molecular flexibility index (Phi) is 2.79. The zero-order valence-corrected chi connectivity index (χ0v) is 9.93. The number of nitrogens with zero attached hydrogens (tertiary/aromatic N) is 2. The van der Waals surface area contributed by atoms with E-state index in [1.807, 2.05) is 17.0 Å². The van der Waals surface area contributed by atoms with Crippen molar-refractivity contribution in [1.29, 1.82) is 0 Å². The van der Waals surface area contributed by atoms with Crippen LogP contribution >= 0.6 is 0 Å². The van der Waals surface area contributed by atoms with Crippen molar-refractivity contribution >= 4 is 5.96 Å². The first kappa shape index (κ1) is 11.5. The van der Waals surface area contributed by atoms with Gasteiger partial charge in [-0.2, -0.15) is 0 Å². The highest BCUT2D eigenvalue weighted by molar-refractivity contribution is 5.81. The molecule has 1 unspecified atom stereocenters. The van der Waals surface area contributed by atoms with Crippen molar-refractivity contribution in [2.24, 2.45) is 10.7 Å². The molecule has 0 aromatic heterocycles. The number of aliphatic imine (C=N–C) groups is 1. The Balaban J connectivity index is 2.39. The second-order valence-electron chi connectivity index (χ2n) is 4.40. The third-order valence-electron chi connectivity index (χ3n) is 3.20. The number of rotatable bonds is 3. The molecule has 0 radical (unpaired) electrons. The third-order valence-corrected chi connectivity index (χ3v) is 3.20. The van der Waals surface area contributed by atoms with Crippen molar-refractivity contribution in [2.75, 3.05) is 13.1 Å². The lowest BCUT2D eigenvalue weighted by atomic mass is 9.91. The van der Waals surface area contributed by atoms with Gasteiger partial charge in [0.15, 0.2) is 5.96 Å². The van der Waals surface area contributed by atoms with Crippen molar-refractivity contribution in [2.45, 2.75) is 12.5 Å². The van der Waals surface area contributed by atoms with Gasteiger partial charge in [0.05, 0.1) is 12.1 Å². The summed E-state index contributed by atoms with van der Waals surface area (Å²) in [5.41, 5.74) is 6.58. The second-order valence-corrected chi connectivity index (χ2v) is 4.40. The maximum absolute atomic E-state index is 9.56. The van der Waals surface area contributed by atoms with Gasteiger partial charge in [-0.1, -0.05) is 18.2 Å². The van der Waals surface area contributed by atoms with Crippen LogP contribution in [0.5, 0.6) is 5.75 Å². The largest absolute Gasteiger partial charge is 0.508 e. The molecule has 4 nitrogen and oxygen atoms in total. The summed E-state index contributed by atoms with van der Waals surface area (Å²) in [6, 6.07) is 7.22. The fourth-order valence-electron chi connectivity index (χ4n) is 2.17. The van der Waals surface area contributed by atoms with Gasteiger partial charge in [-0.25, -0.2) is 0 Å². The summed E-state index contributed by atoms with van der Waals surface area (Å²) in [5.74, 6) is 0.781. The molecule has 2 rings (SSSR count). The molecule has 0 amide bonds. The summed E-state index contributed by atoms with van der Waals surface area (Å²) in [5, 5.41) is 9.56. The summed E-state index contributed by atoms with van der Waals surface area (Å²) < 4.78 is 0. The minimum absolute atomic E-state index is 0.257. The predicted molar refractivity (Wildman–Crippen MR) is 68.9 cm³/mol. The van der Waals surface area contributed by atoms with Gasteiger partial charge in [-0.15, -0.1) is 6.58 Å². The summed E-state index contributed by atoms with van der Waals surface area (Å²) in [6.45, 7) is 7.03. The summed E-state index contributed by atoms with van der Waals surface area (Å²) in [4.78, 5) is 6.28. The van der Waals surface area contributed by atoms with E-state index in [4.69, 9.17) is 5.73 Å². The minimum atomic E-state index is -0.309. The van der Waals surface area contributed by atoms with Crippen LogP contribution in [-0.4, -0.2) is 29.1 Å². The maximum atomic E-state index is 9.56. The van der Waals surface area contributed by atoms with E-state index in [1.54, 1.807) is 18.2 Å². The van der Waals surface area contributed by atoms with E-state index in [-0.39, 0.29) is 11.3 Å². The van der Waals surface area contributed by atoms with Crippen molar-refractivity contribution in [1.82, 2.24) is 4.90 Å². The smallest absolute Gasteiger partial charge is 0.192 e. The van der Waals surface area contributed by atoms with Crippen LogP contribution in [0, 0.1) is 0 Å². The van der Waals surface area contributed by atoms with Crippen LogP contribution in [0.1, 0.15) is 12.5 Å². The van der Waals surface area contributed by atoms with Crippen LogP contribution in [0.3, 0.4) is 0 Å². The lowest BCUT2D eigenvalue weighted by Crippen LogP contribution is -2.47. The van der Waals surface area contributed by atoms with Crippen LogP contribution in [0.25, 0.3) is 0 Å². The molecule has 1 aromatic rings. The molecule has 0 bridgehead atoms. The highest BCUT2D eigenvalue weighted by Crippen LogP contribution is 2.33. The Labute approximate surface area is 101 Å². The number of guanidine groups is 1. The number of hydrogen-bond acceptors (Lipinski definition) is 4. The Morgan fingerprint density at radius 2 is 2.41 bits per heavy atom. The highest BCUT2D eigenvalue weighted by atomic mass is 16.3. The fourth-order valence-corrected chi connectivity index (χ4v) is 2.17. The predicted octanol–water partition coefficient (Wildman–Crippen LogP) is 1.42. The molecule has 0 saturated carbocycles. The van der Waals surface area contributed by atoms with Crippen molar-refractivity contribution in [3.63, 3.8) is 0 Å². The first-order valence-corrected chi connectivity index (χ1v) is 5.56. The molecular weight excluding hydrogens is 214 g/mol. The molecule has 17 heavy (non-hydrogen) atoms. The molecule has 1 heterocycles. The van der Waals surface area contributed by atoms with E-state index in [9.17, 15) is 5.11 Å². The van der Waals surface area contributed by atoms with E-state index >= 15 is 0 Å². The van der Waals surface area contributed by atoms with Gasteiger partial charge in [-0.3, -0.25) is 4.99 Å². The van der Waals surface area contributed by atoms with Gasteiger partial charge in [0, 0.05) is 6.54 Å². The van der Waals surface area contributed by atoms with Gasteiger partial charge in [0.2, 0.25) is 0 Å². The van der Waals surface area contributed by atoms with Crippen molar-refractivity contribution in [3.8, 4) is 5.75 Å². The highest BCUT2D eigenvalue weighted by Gasteiger charge is 2.38. The molecule has 0 aliphatic carbocycles. The average Bonchev–Trinajstić information content (AvgIpc) is 2.59. The Morgan fingerprint density at radius 3 is 3.06 bits per heavy atom. The topological polar surface area (TPSA) is 61.8 Å². The van der Waals surface area contributed by atoms with E-state index in [0.29, 0.717) is 19.0 Å². The average molecular weight is 231 g/mol. The SMILES string of the molecule is C=CCN1C(N)=NCC1(C)c1cccc(O)c1. The normalized spacial score (nSPS) is 23.6. The number of benzene rings is 1. The third kappa shape index (κ3) is 1.86. The van der Waals surface area contributed by atoms with Crippen LogP contribution in [0.15, 0.2) is 41.9 Å². The minimum Gasteiger partial charge on any atom is -0.508 e. The van der Waals surface area contributed by atoms with Gasteiger partial charge >= 0.3 is 0 Å². The van der Waals surface area contributed by atoms with Crippen LogP contribution in [-0.2, 0) is 5.54 Å². The number of phenols is 1. The lowest BCUT2D eigenvalue weighted by molar-refractivity contribution is 0.244. The van der Waals surface area contributed by atoms with Crippen molar-refractivity contribution in [3.05, 3.63) is 42.5 Å². The number of hydrogen-bond donors (Lipinski definition) is 2. The van der Waals surface area contributed by atoms with Crippen LogP contribution in [0.4, 0.5) is 0 Å². The second kappa shape index (κ2) is 4.13. The Bertz CT molecular complexity index is 469. The van der Waals surface area contributed by atoms with Crippen LogP contribution in [0.2, 0.25) is 0 Å². The molecular formula is C13H17N3O. The van der Waals surface area contributed by atoms with E-state index in [0.717, 1.165) is 5.56 Å². The molecule has 0 fully saturated rings. The molecule has 1 aliphatic heterocycles. The Hall–Kier alpha value is -1.97. The summed E-state index contributed by atoms with van der Waals surface area (Å²) >= 11 is 0. The molecule has 0 spiro atoms. The monoisotopic (exact) mass is 231 g/mol. The zero-order valence-electron chi connectivity index (χ0n) is 9.93. The maximum Gasteiger partial charge on any atom is 0.192 e. The molecule has 1 atom stereocenters. The number of aromatic hydroxyl groups is 1. The van der Waals surface area contributed by atoms with Gasteiger partial charge < -0.3 is 15.7 Å². The van der Waals surface area contributed by atoms with E-state index in [1.165, 1.54) is 0 Å². The molecule has 3 N–H and O–H groups in total. The summed E-state index contributed by atoms with van der Waals surface area (Å²) in [7, 11) is 0. The zero-order chi connectivity index (χ0) is 12.5. The van der Waals surface area contributed by atoms with Crippen molar-refractivity contribution < 1.29 is 5.11 Å². The molecule has 90 valence electrons. The fraction of sp³-hybridized carbons (Fsp3) is 0.308.